The van der Waals surface area contributed by atoms with Crippen LogP contribution in [0.2, 0.25) is 0 Å². The first-order valence-corrected chi connectivity index (χ1v) is 8.80. The zero-order valence-electron chi connectivity index (χ0n) is 14.4. The average Bonchev–Trinajstić information content (AvgIpc) is 2.65. The van der Waals surface area contributed by atoms with Crippen LogP contribution in [0.4, 0.5) is 4.39 Å². The molecule has 2 heterocycles. The predicted molar refractivity (Wildman–Crippen MR) is 94.4 cm³/mol. The van der Waals surface area contributed by atoms with Crippen molar-refractivity contribution in [1.82, 2.24) is 4.90 Å². The van der Waals surface area contributed by atoms with E-state index in [9.17, 15) is 9.18 Å². The van der Waals surface area contributed by atoms with Gasteiger partial charge in [0, 0.05) is 32.5 Å². The number of benzene rings is 2. The Balaban J connectivity index is 1.44. The second-order valence-electron chi connectivity index (χ2n) is 7.11. The molecular formula is C21H19FN2O2. The van der Waals surface area contributed by atoms with Crippen molar-refractivity contribution in [2.75, 3.05) is 13.1 Å². The van der Waals surface area contributed by atoms with E-state index in [1.807, 2.05) is 12.1 Å². The zero-order valence-corrected chi connectivity index (χ0v) is 14.4. The summed E-state index contributed by atoms with van der Waals surface area (Å²) in [6, 6.07) is 13.7. The Morgan fingerprint density at radius 2 is 1.88 bits per heavy atom. The van der Waals surface area contributed by atoms with E-state index < -0.39 is 5.60 Å². The zero-order chi connectivity index (χ0) is 18.1. The molecule has 4 rings (SSSR count). The summed E-state index contributed by atoms with van der Waals surface area (Å²) < 4.78 is 19.3. The summed E-state index contributed by atoms with van der Waals surface area (Å²) in [7, 11) is 0. The van der Waals surface area contributed by atoms with Gasteiger partial charge >= 0.3 is 0 Å². The largest absolute Gasteiger partial charge is 0.486 e. The number of rotatable bonds is 2. The predicted octanol–water partition coefficient (Wildman–Crippen LogP) is 3.70. The van der Waals surface area contributed by atoms with Gasteiger partial charge in [0.05, 0.1) is 23.6 Å². The summed E-state index contributed by atoms with van der Waals surface area (Å²) in [4.78, 5) is 14.9. The number of halogens is 1. The first-order chi connectivity index (χ1) is 12.6. The minimum absolute atomic E-state index is 0.0512. The highest BCUT2D eigenvalue weighted by Gasteiger charge is 2.42. The maximum absolute atomic E-state index is 13.0. The van der Waals surface area contributed by atoms with Crippen LogP contribution < -0.4 is 4.74 Å². The van der Waals surface area contributed by atoms with Crippen molar-refractivity contribution in [2.45, 2.75) is 31.4 Å². The molecule has 0 bridgehead atoms. The van der Waals surface area contributed by atoms with Crippen LogP contribution in [-0.2, 0) is 6.54 Å². The molecule has 0 aromatic heterocycles. The summed E-state index contributed by atoms with van der Waals surface area (Å²) in [6.07, 6.45) is 1.91. The highest BCUT2D eigenvalue weighted by molar-refractivity contribution is 6.00. The van der Waals surface area contributed by atoms with E-state index in [0.29, 0.717) is 23.3 Å². The van der Waals surface area contributed by atoms with Gasteiger partial charge in [0.1, 0.15) is 17.2 Å². The lowest BCUT2D eigenvalue weighted by Gasteiger charge is -2.44. The number of Topliss-reactive ketones (excluding diaryl/α,β-unsaturated/α-hetero) is 1. The van der Waals surface area contributed by atoms with E-state index in [1.165, 1.54) is 12.1 Å². The van der Waals surface area contributed by atoms with Crippen molar-refractivity contribution in [1.29, 1.82) is 5.26 Å². The van der Waals surface area contributed by atoms with E-state index in [4.69, 9.17) is 10.00 Å². The standard InChI is InChI=1S/C21H19FN2O2/c22-17-4-1-15(2-5-17)14-24-9-7-21(8-10-24)12-19(25)18-11-16(13-23)3-6-20(18)26-21/h1-6,11H,7-10,12,14H2. The highest BCUT2D eigenvalue weighted by atomic mass is 19.1. The molecule has 26 heavy (non-hydrogen) atoms. The van der Waals surface area contributed by atoms with Crippen LogP contribution in [0.5, 0.6) is 5.75 Å². The summed E-state index contributed by atoms with van der Waals surface area (Å²) in [6.45, 7) is 2.43. The Morgan fingerprint density at radius 3 is 2.58 bits per heavy atom. The van der Waals surface area contributed by atoms with Crippen molar-refractivity contribution in [2.24, 2.45) is 0 Å². The Bertz CT molecular complexity index is 878. The molecule has 0 atom stereocenters. The van der Waals surface area contributed by atoms with Crippen LogP contribution in [0, 0.1) is 17.1 Å². The van der Waals surface area contributed by atoms with Gasteiger partial charge in [-0.15, -0.1) is 0 Å². The summed E-state index contributed by atoms with van der Waals surface area (Å²) in [5.74, 6) is 0.418. The van der Waals surface area contributed by atoms with Gasteiger partial charge in [-0.2, -0.15) is 5.26 Å². The van der Waals surface area contributed by atoms with E-state index in [-0.39, 0.29) is 11.6 Å². The number of ketones is 1. The number of ether oxygens (including phenoxy) is 1. The molecular weight excluding hydrogens is 331 g/mol. The van der Waals surface area contributed by atoms with Crippen molar-refractivity contribution in [3.8, 4) is 11.8 Å². The summed E-state index contributed by atoms with van der Waals surface area (Å²) >= 11 is 0. The van der Waals surface area contributed by atoms with Gasteiger partial charge in [-0.05, 0) is 35.9 Å². The van der Waals surface area contributed by atoms with Crippen molar-refractivity contribution < 1.29 is 13.9 Å². The molecule has 1 saturated heterocycles. The molecule has 0 N–H and O–H groups in total. The lowest BCUT2D eigenvalue weighted by molar-refractivity contribution is -0.0107. The Morgan fingerprint density at radius 1 is 1.15 bits per heavy atom. The molecule has 4 nitrogen and oxygen atoms in total. The smallest absolute Gasteiger partial charge is 0.170 e. The lowest BCUT2D eigenvalue weighted by atomic mass is 9.82. The maximum atomic E-state index is 13.0. The SMILES string of the molecule is N#Cc1ccc2c(c1)C(=O)CC1(CCN(Cc3ccc(F)cc3)CC1)O2. The van der Waals surface area contributed by atoms with E-state index >= 15 is 0 Å². The molecule has 1 fully saturated rings. The molecule has 132 valence electrons. The number of piperidine rings is 1. The number of carbonyl (C=O) groups excluding carboxylic acids is 1. The number of nitrogens with zero attached hydrogens (tertiary/aromatic N) is 2. The van der Waals surface area contributed by atoms with Gasteiger partial charge < -0.3 is 4.74 Å². The monoisotopic (exact) mass is 350 g/mol. The summed E-state index contributed by atoms with van der Waals surface area (Å²) in [5.41, 5.74) is 1.63. The topological polar surface area (TPSA) is 53.3 Å². The summed E-state index contributed by atoms with van der Waals surface area (Å²) in [5, 5.41) is 9.00. The van der Waals surface area contributed by atoms with E-state index in [0.717, 1.165) is 38.0 Å². The second-order valence-corrected chi connectivity index (χ2v) is 7.11. The Kier molecular flexibility index (Phi) is 4.21. The number of hydrogen-bond acceptors (Lipinski definition) is 4. The number of likely N-dealkylation sites (tertiary alicyclic amines) is 1. The number of fused-ring (bicyclic) bond motifs is 1. The van der Waals surface area contributed by atoms with Crippen LogP contribution in [0.25, 0.3) is 0 Å². The van der Waals surface area contributed by atoms with Crippen LogP contribution in [0.15, 0.2) is 42.5 Å². The minimum Gasteiger partial charge on any atom is -0.486 e. The van der Waals surface area contributed by atoms with Crippen molar-refractivity contribution in [3.05, 3.63) is 65.0 Å². The van der Waals surface area contributed by atoms with Gasteiger partial charge in [-0.1, -0.05) is 12.1 Å². The van der Waals surface area contributed by atoms with E-state index in [2.05, 4.69) is 11.0 Å². The molecule has 2 aromatic rings. The maximum Gasteiger partial charge on any atom is 0.170 e. The molecule has 2 aliphatic rings. The minimum atomic E-state index is -0.447. The van der Waals surface area contributed by atoms with Crippen LogP contribution in [0.1, 0.15) is 40.7 Å². The molecule has 0 radical (unpaired) electrons. The fraction of sp³-hybridized carbons (Fsp3) is 0.333. The number of hydrogen-bond donors (Lipinski definition) is 0. The molecule has 2 aromatic carbocycles. The fourth-order valence-corrected chi connectivity index (χ4v) is 3.81. The Hall–Kier alpha value is -2.71. The van der Waals surface area contributed by atoms with Crippen LogP contribution in [0.3, 0.4) is 0 Å². The van der Waals surface area contributed by atoms with Gasteiger partial charge in [0.2, 0.25) is 0 Å². The quantitative estimate of drug-likeness (QED) is 0.829. The fourth-order valence-electron chi connectivity index (χ4n) is 3.81. The van der Waals surface area contributed by atoms with Gasteiger partial charge in [0.25, 0.3) is 0 Å². The van der Waals surface area contributed by atoms with E-state index in [1.54, 1.807) is 18.2 Å². The molecule has 5 heteroatoms. The van der Waals surface area contributed by atoms with Crippen molar-refractivity contribution in [3.63, 3.8) is 0 Å². The molecule has 1 spiro atoms. The van der Waals surface area contributed by atoms with Gasteiger partial charge in [0.15, 0.2) is 5.78 Å². The highest BCUT2D eigenvalue weighted by Crippen LogP contribution is 2.39. The number of carbonyl (C=O) groups is 1. The molecule has 0 aliphatic carbocycles. The average molecular weight is 350 g/mol. The van der Waals surface area contributed by atoms with Gasteiger partial charge in [-0.25, -0.2) is 4.39 Å². The molecule has 0 saturated carbocycles. The third-order valence-corrected chi connectivity index (χ3v) is 5.30. The molecule has 0 unspecified atom stereocenters. The third-order valence-electron chi connectivity index (χ3n) is 5.30. The van der Waals surface area contributed by atoms with Crippen LogP contribution >= 0.6 is 0 Å². The normalized spacial score (nSPS) is 18.8. The van der Waals surface area contributed by atoms with Gasteiger partial charge in [-0.3, -0.25) is 9.69 Å². The Labute approximate surface area is 151 Å². The van der Waals surface area contributed by atoms with Crippen molar-refractivity contribution >= 4 is 5.78 Å². The molecule has 2 aliphatic heterocycles. The second kappa shape index (κ2) is 6.54. The van der Waals surface area contributed by atoms with Crippen LogP contribution in [-0.4, -0.2) is 29.4 Å². The number of nitriles is 1. The first kappa shape index (κ1) is 16.7. The molecule has 0 amide bonds. The lowest BCUT2D eigenvalue weighted by Crippen LogP contribution is -2.50. The third kappa shape index (κ3) is 3.21. The first-order valence-electron chi connectivity index (χ1n) is 8.80.